The maximum Gasteiger partial charge on any atom is 0.207 e. The molecular weight excluding hydrogens is 315 g/mol. The highest BCUT2D eigenvalue weighted by Crippen LogP contribution is 2.57. The molecule has 0 aromatic heterocycles. The predicted molar refractivity (Wildman–Crippen MR) is 65.8 cm³/mol. The molecule has 0 bridgehead atoms. The Morgan fingerprint density at radius 2 is 1.33 bits per heavy atom. The molecule has 0 radical (unpaired) electrons. The number of hydrogen-bond donors (Lipinski definition) is 0. The Morgan fingerprint density at radius 3 is 1.81 bits per heavy atom. The van der Waals surface area contributed by atoms with Crippen molar-refractivity contribution in [3.8, 4) is 5.75 Å². The first-order valence-electron chi connectivity index (χ1n) is 6.70. The van der Waals surface area contributed by atoms with Crippen molar-refractivity contribution in [3.05, 3.63) is 29.1 Å². The average molecular weight is 327 g/mol. The molecule has 2 aliphatic rings. The lowest BCUT2D eigenvalue weighted by molar-refractivity contribution is -0.0404. The summed E-state index contributed by atoms with van der Waals surface area (Å²) in [5.41, 5.74) is -0.415. The average Bonchev–Trinajstić information content (AvgIpc) is 2.99. The standard InChI is InChI=1S/C14H12ClF5O/c15-6-5-7(14(6)3-1-2-4-14)21-13-11(19)9(17)8(16)10(18)12(13)20/h6-7H,1-5H2. The third-order valence-electron chi connectivity index (χ3n) is 4.65. The molecule has 3 rings (SSSR count). The zero-order chi connectivity index (χ0) is 15.4. The minimum Gasteiger partial charge on any atom is -0.484 e. The Bertz CT molecular complexity index is 556. The normalized spacial score (nSPS) is 27.0. The largest absolute Gasteiger partial charge is 0.484 e. The van der Waals surface area contributed by atoms with E-state index in [9.17, 15) is 22.0 Å². The molecule has 2 fully saturated rings. The summed E-state index contributed by atoms with van der Waals surface area (Å²) < 4.78 is 71.7. The minimum absolute atomic E-state index is 0.189. The maximum absolute atomic E-state index is 13.6. The van der Waals surface area contributed by atoms with Crippen LogP contribution in [-0.2, 0) is 0 Å². The Morgan fingerprint density at radius 1 is 0.857 bits per heavy atom. The molecule has 0 amide bonds. The van der Waals surface area contributed by atoms with Gasteiger partial charge < -0.3 is 4.74 Å². The van der Waals surface area contributed by atoms with E-state index in [4.69, 9.17) is 16.3 Å². The van der Waals surface area contributed by atoms with Crippen molar-refractivity contribution in [3.63, 3.8) is 0 Å². The molecule has 2 aliphatic carbocycles. The Hall–Kier alpha value is -1.04. The van der Waals surface area contributed by atoms with Crippen LogP contribution in [0.15, 0.2) is 0 Å². The highest BCUT2D eigenvalue weighted by Gasteiger charge is 2.57. The van der Waals surface area contributed by atoms with Crippen molar-refractivity contribution in [1.29, 1.82) is 0 Å². The lowest BCUT2D eigenvalue weighted by Gasteiger charge is -2.50. The molecule has 1 spiro atoms. The first-order chi connectivity index (χ1) is 9.88. The quantitative estimate of drug-likeness (QED) is 0.331. The van der Waals surface area contributed by atoms with Gasteiger partial charge in [-0.15, -0.1) is 11.6 Å². The monoisotopic (exact) mass is 326 g/mol. The van der Waals surface area contributed by atoms with Gasteiger partial charge in [0, 0.05) is 17.2 Å². The third-order valence-corrected chi connectivity index (χ3v) is 5.26. The molecule has 21 heavy (non-hydrogen) atoms. The molecule has 2 saturated carbocycles. The topological polar surface area (TPSA) is 9.23 Å². The van der Waals surface area contributed by atoms with Gasteiger partial charge in [0.1, 0.15) is 6.10 Å². The minimum atomic E-state index is -2.18. The molecule has 2 unspecified atom stereocenters. The summed E-state index contributed by atoms with van der Waals surface area (Å²) in [6.45, 7) is 0. The molecule has 0 N–H and O–H groups in total. The highest BCUT2D eigenvalue weighted by molar-refractivity contribution is 6.21. The summed E-state index contributed by atoms with van der Waals surface area (Å²) >= 11 is 6.16. The van der Waals surface area contributed by atoms with Gasteiger partial charge in [0.15, 0.2) is 5.75 Å². The van der Waals surface area contributed by atoms with E-state index in [1.807, 2.05) is 0 Å². The Labute approximate surface area is 123 Å². The maximum atomic E-state index is 13.6. The van der Waals surface area contributed by atoms with E-state index in [2.05, 4.69) is 0 Å². The van der Waals surface area contributed by atoms with Gasteiger partial charge in [-0.3, -0.25) is 0 Å². The summed E-state index contributed by atoms with van der Waals surface area (Å²) in [5, 5.41) is -0.189. The Kier molecular flexibility index (Phi) is 3.55. The van der Waals surface area contributed by atoms with Crippen LogP contribution in [0.3, 0.4) is 0 Å². The lowest BCUT2D eigenvalue weighted by atomic mass is 9.64. The van der Waals surface area contributed by atoms with Crippen LogP contribution >= 0.6 is 11.6 Å². The molecule has 116 valence electrons. The molecule has 1 nitrogen and oxygen atoms in total. The van der Waals surface area contributed by atoms with E-state index in [1.165, 1.54) is 0 Å². The van der Waals surface area contributed by atoms with Crippen molar-refractivity contribution >= 4 is 11.6 Å². The molecule has 0 aliphatic heterocycles. The van der Waals surface area contributed by atoms with E-state index < -0.39 is 46.4 Å². The van der Waals surface area contributed by atoms with Crippen molar-refractivity contribution in [2.75, 3.05) is 0 Å². The number of halogens is 6. The molecule has 7 heteroatoms. The van der Waals surface area contributed by atoms with E-state index in [0.29, 0.717) is 6.42 Å². The van der Waals surface area contributed by atoms with Gasteiger partial charge in [0.05, 0.1) is 0 Å². The SMILES string of the molecule is Fc1c(F)c(F)c(OC2CC(Cl)C23CCCC3)c(F)c1F. The van der Waals surface area contributed by atoms with Crippen LogP contribution in [0.25, 0.3) is 0 Å². The van der Waals surface area contributed by atoms with E-state index in [-0.39, 0.29) is 5.38 Å². The molecule has 0 saturated heterocycles. The number of rotatable bonds is 2. The summed E-state index contributed by atoms with van der Waals surface area (Å²) in [7, 11) is 0. The summed E-state index contributed by atoms with van der Waals surface area (Å²) in [6, 6.07) is 0. The summed E-state index contributed by atoms with van der Waals surface area (Å²) in [6.07, 6.45) is 3.03. The van der Waals surface area contributed by atoms with Gasteiger partial charge in [0.25, 0.3) is 0 Å². The summed E-state index contributed by atoms with van der Waals surface area (Å²) in [4.78, 5) is 0. The highest BCUT2D eigenvalue weighted by atomic mass is 35.5. The second kappa shape index (κ2) is 5.00. The Balaban J connectivity index is 1.93. The fraction of sp³-hybridized carbons (Fsp3) is 0.571. The van der Waals surface area contributed by atoms with E-state index >= 15 is 0 Å². The van der Waals surface area contributed by atoms with Crippen molar-refractivity contribution in [2.45, 2.75) is 43.6 Å². The molecule has 1 aromatic carbocycles. The van der Waals surface area contributed by atoms with Gasteiger partial charge in [0.2, 0.25) is 29.1 Å². The van der Waals surface area contributed by atoms with Gasteiger partial charge >= 0.3 is 0 Å². The van der Waals surface area contributed by atoms with Gasteiger partial charge in [-0.1, -0.05) is 12.8 Å². The van der Waals surface area contributed by atoms with E-state index in [0.717, 1.165) is 25.7 Å². The fourth-order valence-corrected chi connectivity index (χ4v) is 3.88. The van der Waals surface area contributed by atoms with Crippen LogP contribution in [0, 0.1) is 34.5 Å². The first kappa shape index (κ1) is 14.9. The third kappa shape index (κ3) is 2.02. The van der Waals surface area contributed by atoms with Crippen LogP contribution in [0.5, 0.6) is 5.75 Å². The molecular formula is C14H12ClF5O. The summed E-state index contributed by atoms with van der Waals surface area (Å²) in [5.74, 6) is -11.2. The zero-order valence-corrected chi connectivity index (χ0v) is 11.6. The van der Waals surface area contributed by atoms with Gasteiger partial charge in [-0.2, -0.15) is 8.78 Å². The molecule has 0 heterocycles. The van der Waals surface area contributed by atoms with E-state index in [1.54, 1.807) is 0 Å². The molecule has 1 aromatic rings. The van der Waals surface area contributed by atoms with Crippen molar-refractivity contribution in [1.82, 2.24) is 0 Å². The molecule has 2 atom stereocenters. The van der Waals surface area contributed by atoms with Gasteiger partial charge in [-0.25, -0.2) is 13.2 Å². The van der Waals surface area contributed by atoms with Crippen LogP contribution in [0.1, 0.15) is 32.1 Å². The number of benzene rings is 1. The van der Waals surface area contributed by atoms with Crippen molar-refractivity contribution < 1.29 is 26.7 Å². The van der Waals surface area contributed by atoms with Crippen LogP contribution in [0.4, 0.5) is 22.0 Å². The fourth-order valence-electron chi connectivity index (χ4n) is 3.36. The second-order valence-corrected chi connectivity index (χ2v) is 6.18. The number of alkyl halides is 1. The van der Waals surface area contributed by atoms with Crippen LogP contribution in [-0.4, -0.2) is 11.5 Å². The van der Waals surface area contributed by atoms with Gasteiger partial charge in [-0.05, 0) is 12.8 Å². The predicted octanol–water partition coefficient (Wildman–Crippen LogP) is 4.70. The first-order valence-corrected chi connectivity index (χ1v) is 7.14. The van der Waals surface area contributed by atoms with Crippen LogP contribution in [0.2, 0.25) is 0 Å². The smallest absolute Gasteiger partial charge is 0.207 e. The van der Waals surface area contributed by atoms with Crippen molar-refractivity contribution in [2.24, 2.45) is 5.41 Å². The second-order valence-electron chi connectivity index (χ2n) is 5.65. The number of hydrogen-bond acceptors (Lipinski definition) is 1. The van der Waals surface area contributed by atoms with Crippen LogP contribution < -0.4 is 4.74 Å². The lowest BCUT2D eigenvalue weighted by Crippen LogP contribution is -2.55. The zero-order valence-electron chi connectivity index (χ0n) is 10.9. The number of ether oxygens (including phenoxy) is 1.